The van der Waals surface area contributed by atoms with E-state index in [1.54, 1.807) is 7.05 Å². The molecule has 0 bridgehead atoms. The molecular formula is C22H22F5N3O3S. The lowest BCUT2D eigenvalue weighted by Crippen LogP contribution is -2.46. The Morgan fingerprint density at radius 3 is 2.41 bits per heavy atom. The van der Waals surface area contributed by atoms with Gasteiger partial charge < -0.3 is 10.2 Å². The first-order valence-electron chi connectivity index (χ1n) is 10.3. The van der Waals surface area contributed by atoms with Crippen LogP contribution in [-0.4, -0.2) is 51.4 Å². The number of nitrogens with one attached hydrogen (secondary N) is 1. The van der Waals surface area contributed by atoms with Crippen molar-refractivity contribution in [2.75, 3.05) is 25.5 Å². The topological polar surface area (TPSA) is 69.7 Å². The standard InChI is InChI=1S/C22H22F5N3O3S/c1-29(34(33)17-4-2-3-14(11-17)22(25,26)27)16-7-9-30(10-8-16)21(32)13-20(31)28-19-6-5-15(23)12-18(19)24/h2-6,11-12,16H,7-10,13H2,1H3,(H,28,31). The summed E-state index contributed by atoms with van der Waals surface area (Å²) in [5, 5.41) is 2.23. The van der Waals surface area contributed by atoms with Crippen LogP contribution in [0.3, 0.4) is 0 Å². The molecule has 2 amide bonds. The van der Waals surface area contributed by atoms with Gasteiger partial charge in [-0.05, 0) is 43.2 Å². The van der Waals surface area contributed by atoms with Crippen molar-refractivity contribution in [3.63, 3.8) is 0 Å². The van der Waals surface area contributed by atoms with Gasteiger partial charge in [0.25, 0.3) is 0 Å². The van der Waals surface area contributed by atoms with Crippen LogP contribution in [0, 0.1) is 11.6 Å². The average molecular weight is 503 g/mol. The number of hydrogen-bond acceptors (Lipinski definition) is 3. The maximum atomic E-state index is 13.7. The van der Waals surface area contributed by atoms with E-state index in [-0.39, 0.29) is 29.7 Å². The number of halogens is 5. The molecule has 1 saturated heterocycles. The highest BCUT2D eigenvalue weighted by molar-refractivity contribution is 7.82. The van der Waals surface area contributed by atoms with Gasteiger partial charge in [0, 0.05) is 32.2 Å². The SMILES string of the molecule is CN(C1CCN(C(=O)CC(=O)Nc2ccc(F)cc2F)CC1)S(=O)c1cccc(C(F)(F)F)c1. The van der Waals surface area contributed by atoms with Crippen LogP contribution in [-0.2, 0) is 26.8 Å². The molecule has 1 fully saturated rings. The van der Waals surface area contributed by atoms with Crippen molar-refractivity contribution in [3.8, 4) is 0 Å². The van der Waals surface area contributed by atoms with E-state index >= 15 is 0 Å². The van der Waals surface area contributed by atoms with E-state index < -0.39 is 52.6 Å². The zero-order chi connectivity index (χ0) is 25.0. The van der Waals surface area contributed by atoms with Crippen LogP contribution >= 0.6 is 0 Å². The predicted octanol–water partition coefficient (Wildman–Crippen LogP) is 3.96. The number of nitrogens with zero attached hydrogens (tertiary/aromatic N) is 2. The lowest BCUT2D eigenvalue weighted by atomic mass is 10.0. The largest absolute Gasteiger partial charge is 0.416 e. The number of anilines is 1. The highest BCUT2D eigenvalue weighted by atomic mass is 32.2. The molecule has 1 aliphatic heterocycles. The monoisotopic (exact) mass is 503 g/mol. The van der Waals surface area contributed by atoms with Gasteiger partial charge in [0.2, 0.25) is 11.8 Å². The van der Waals surface area contributed by atoms with E-state index in [0.717, 1.165) is 24.3 Å². The van der Waals surface area contributed by atoms with E-state index in [0.29, 0.717) is 18.9 Å². The van der Waals surface area contributed by atoms with Crippen molar-refractivity contribution in [1.82, 2.24) is 9.21 Å². The Morgan fingerprint density at radius 2 is 1.79 bits per heavy atom. The Kier molecular flexibility index (Phi) is 8.03. The molecule has 34 heavy (non-hydrogen) atoms. The van der Waals surface area contributed by atoms with Crippen molar-refractivity contribution < 1.29 is 35.8 Å². The van der Waals surface area contributed by atoms with Crippen molar-refractivity contribution in [2.24, 2.45) is 0 Å². The lowest BCUT2D eigenvalue weighted by Gasteiger charge is -2.36. The number of hydrogen-bond donors (Lipinski definition) is 1. The van der Waals surface area contributed by atoms with Crippen molar-refractivity contribution in [3.05, 3.63) is 59.7 Å². The van der Waals surface area contributed by atoms with E-state index in [1.807, 2.05) is 0 Å². The van der Waals surface area contributed by atoms with Crippen LogP contribution in [0.15, 0.2) is 47.4 Å². The van der Waals surface area contributed by atoms with Crippen LogP contribution in [0.2, 0.25) is 0 Å². The quantitative estimate of drug-likeness (QED) is 0.480. The number of carbonyl (C=O) groups excluding carboxylic acids is 2. The Balaban J connectivity index is 1.52. The van der Waals surface area contributed by atoms with Crippen LogP contribution in [0.4, 0.5) is 27.6 Å². The van der Waals surface area contributed by atoms with Crippen LogP contribution in [0.1, 0.15) is 24.8 Å². The molecule has 2 aromatic carbocycles. The molecule has 2 aromatic rings. The van der Waals surface area contributed by atoms with Gasteiger partial charge in [-0.1, -0.05) is 6.07 Å². The van der Waals surface area contributed by atoms with Gasteiger partial charge in [-0.2, -0.15) is 13.2 Å². The molecule has 184 valence electrons. The number of amides is 2. The summed E-state index contributed by atoms with van der Waals surface area (Å²) < 4.78 is 79.7. The highest BCUT2D eigenvalue weighted by Crippen LogP contribution is 2.31. The second-order valence-corrected chi connectivity index (χ2v) is 9.33. The first-order valence-corrected chi connectivity index (χ1v) is 11.4. The molecule has 3 rings (SSSR count). The Bertz CT molecular complexity index is 1090. The molecule has 1 atom stereocenters. The molecular weight excluding hydrogens is 481 g/mol. The van der Waals surface area contributed by atoms with E-state index in [2.05, 4.69) is 5.32 Å². The summed E-state index contributed by atoms with van der Waals surface area (Å²) in [5.41, 5.74) is -1.12. The van der Waals surface area contributed by atoms with Crippen molar-refractivity contribution >= 4 is 28.5 Å². The van der Waals surface area contributed by atoms with E-state index in [1.165, 1.54) is 21.3 Å². The molecule has 0 aliphatic carbocycles. The maximum absolute atomic E-state index is 13.7. The minimum absolute atomic E-state index is 0.0283. The first-order chi connectivity index (χ1) is 16.0. The first kappa shape index (κ1) is 25.8. The lowest BCUT2D eigenvalue weighted by molar-refractivity contribution is -0.138. The second-order valence-electron chi connectivity index (χ2n) is 7.78. The fraction of sp³-hybridized carbons (Fsp3) is 0.364. The fourth-order valence-corrected chi connectivity index (χ4v) is 4.83. The molecule has 12 heteroatoms. The second kappa shape index (κ2) is 10.6. The van der Waals surface area contributed by atoms with Gasteiger partial charge in [0.05, 0.1) is 16.1 Å². The number of alkyl halides is 3. The van der Waals surface area contributed by atoms with Gasteiger partial charge in [-0.15, -0.1) is 0 Å². The van der Waals surface area contributed by atoms with Crippen LogP contribution in [0.25, 0.3) is 0 Å². The van der Waals surface area contributed by atoms with Crippen LogP contribution in [0.5, 0.6) is 0 Å². The molecule has 1 unspecified atom stereocenters. The summed E-state index contributed by atoms with van der Waals surface area (Å²) in [6, 6.07) is 6.73. The molecule has 1 aliphatic rings. The Morgan fingerprint density at radius 1 is 1.12 bits per heavy atom. The minimum Gasteiger partial charge on any atom is -0.342 e. The molecule has 1 heterocycles. The fourth-order valence-electron chi connectivity index (χ4n) is 3.60. The highest BCUT2D eigenvalue weighted by Gasteiger charge is 2.32. The third-order valence-electron chi connectivity index (χ3n) is 5.47. The zero-order valence-electron chi connectivity index (χ0n) is 18.1. The van der Waals surface area contributed by atoms with Gasteiger partial charge in [0.15, 0.2) is 0 Å². The molecule has 1 N–H and O–H groups in total. The number of likely N-dealkylation sites (tertiary alicyclic amines) is 1. The van der Waals surface area contributed by atoms with Crippen molar-refractivity contribution in [1.29, 1.82) is 0 Å². The molecule has 6 nitrogen and oxygen atoms in total. The molecule has 0 spiro atoms. The van der Waals surface area contributed by atoms with E-state index in [4.69, 9.17) is 0 Å². The molecule has 0 radical (unpaired) electrons. The summed E-state index contributed by atoms with van der Waals surface area (Å²) in [4.78, 5) is 26.0. The number of carbonyl (C=O) groups is 2. The van der Waals surface area contributed by atoms with Gasteiger partial charge in [-0.3, -0.25) is 9.59 Å². The van der Waals surface area contributed by atoms with Crippen LogP contribution < -0.4 is 5.32 Å². The Hall–Kier alpha value is -2.86. The summed E-state index contributed by atoms with van der Waals surface area (Å²) in [5.74, 6) is -2.99. The predicted molar refractivity (Wildman–Crippen MR) is 115 cm³/mol. The smallest absolute Gasteiger partial charge is 0.342 e. The molecule has 0 aromatic heterocycles. The molecule has 0 saturated carbocycles. The number of benzene rings is 2. The summed E-state index contributed by atoms with van der Waals surface area (Å²) in [7, 11) is -0.280. The van der Waals surface area contributed by atoms with Gasteiger partial charge in [0.1, 0.15) is 29.0 Å². The Labute approximate surface area is 195 Å². The third kappa shape index (κ3) is 6.38. The number of piperidine rings is 1. The third-order valence-corrected chi connectivity index (χ3v) is 6.95. The summed E-state index contributed by atoms with van der Waals surface area (Å²) in [6.07, 6.45) is -4.27. The summed E-state index contributed by atoms with van der Waals surface area (Å²) in [6.45, 7) is 0.512. The minimum atomic E-state index is -4.54. The van der Waals surface area contributed by atoms with Crippen molar-refractivity contribution in [2.45, 2.75) is 36.4 Å². The van der Waals surface area contributed by atoms with Gasteiger partial charge in [-0.25, -0.2) is 17.3 Å². The normalized spacial score (nSPS) is 15.9. The van der Waals surface area contributed by atoms with E-state index in [9.17, 15) is 35.8 Å². The number of rotatable bonds is 6. The van der Waals surface area contributed by atoms with Gasteiger partial charge >= 0.3 is 6.18 Å². The average Bonchev–Trinajstić information content (AvgIpc) is 2.79. The maximum Gasteiger partial charge on any atom is 0.416 e. The zero-order valence-corrected chi connectivity index (χ0v) is 18.9. The summed E-state index contributed by atoms with van der Waals surface area (Å²) >= 11 is 0.